The summed E-state index contributed by atoms with van der Waals surface area (Å²) in [5.74, 6) is 0. The molecule has 0 radical (unpaired) electrons. The maximum atomic E-state index is 4.27. The van der Waals surface area contributed by atoms with Crippen molar-refractivity contribution in [2.75, 3.05) is 6.54 Å². The van der Waals surface area contributed by atoms with Gasteiger partial charge in [-0.05, 0) is 34.3 Å². The van der Waals surface area contributed by atoms with Crippen LogP contribution in [0.4, 0.5) is 0 Å². The minimum absolute atomic E-state index is 0.398. The first-order valence-electron chi connectivity index (χ1n) is 5.12. The number of aromatic nitrogens is 1. The van der Waals surface area contributed by atoms with E-state index in [1.165, 1.54) is 14.4 Å². The molecule has 2 heterocycles. The Bertz CT molecular complexity index is 425. The van der Waals surface area contributed by atoms with Gasteiger partial charge in [0.1, 0.15) is 0 Å². The van der Waals surface area contributed by atoms with E-state index in [0.29, 0.717) is 6.04 Å². The first kappa shape index (κ1) is 12.2. The number of halogens is 1. The molecule has 5 heteroatoms. The van der Waals surface area contributed by atoms with Gasteiger partial charge in [-0.1, -0.05) is 0 Å². The van der Waals surface area contributed by atoms with Crippen LogP contribution in [0.1, 0.15) is 22.9 Å². The SMILES string of the molecule is CC(NCCc1nccs1)c1sccc1Br. The zero-order chi connectivity index (χ0) is 11.4. The molecular weight excluding hydrogens is 304 g/mol. The van der Waals surface area contributed by atoms with Crippen molar-refractivity contribution in [1.82, 2.24) is 10.3 Å². The maximum Gasteiger partial charge on any atom is 0.0937 e. The molecule has 0 aromatic carbocycles. The topological polar surface area (TPSA) is 24.9 Å². The Morgan fingerprint density at radius 1 is 1.44 bits per heavy atom. The standard InChI is InChI=1S/C11H13BrN2S2/c1-8(11-9(12)3-6-16-11)13-4-2-10-14-5-7-15-10/h3,5-8,13H,2,4H2,1H3. The van der Waals surface area contributed by atoms with Gasteiger partial charge in [0.15, 0.2) is 0 Å². The number of hydrogen-bond acceptors (Lipinski definition) is 4. The Balaban J connectivity index is 1.80. The lowest BCUT2D eigenvalue weighted by molar-refractivity contribution is 0.582. The summed E-state index contributed by atoms with van der Waals surface area (Å²) < 4.78 is 1.20. The van der Waals surface area contributed by atoms with Gasteiger partial charge >= 0.3 is 0 Å². The summed E-state index contributed by atoms with van der Waals surface area (Å²) in [7, 11) is 0. The Morgan fingerprint density at radius 2 is 2.31 bits per heavy atom. The minimum Gasteiger partial charge on any atom is -0.309 e. The molecule has 0 saturated carbocycles. The molecule has 2 nitrogen and oxygen atoms in total. The monoisotopic (exact) mass is 316 g/mol. The minimum atomic E-state index is 0.398. The fourth-order valence-electron chi connectivity index (χ4n) is 1.48. The van der Waals surface area contributed by atoms with Crippen LogP contribution < -0.4 is 5.32 Å². The molecule has 0 bridgehead atoms. The second-order valence-electron chi connectivity index (χ2n) is 3.48. The Morgan fingerprint density at radius 3 is 2.94 bits per heavy atom. The van der Waals surface area contributed by atoms with Gasteiger partial charge in [-0.15, -0.1) is 22.7 Å². The highest BCUT2D eigenvalue weighted by molar-refractivity contribution is 9.10. The van der Waals surface area contributed by atoms with E-state index in [2.05, 4.69) is 44.6 Å². The molecule has 16 heavy (non-hydrogen) atoms. The zero-order valence-electron chi connectivity index (χ0n) is 8.94. The first-order chi connectivity index (χ1) is 7.77. The molecule has 2 aromatic rings. The maximum absolute atomic E-state index is 4.27. The van der Waals surface area contributed by atoms with Crippen molar-refractivity contribution in [2.24, 2.45) is 0 Å². The summed E-state index contributed by atoms with van der Waals surface area (Å²) >= 11 is 7.06. The van der Waals surface area contributed by atoms with E-state index in [-0.39, 0.29) is 0 Å². The molecule has 0 amide bonds. The molecule has 2 aromatic heterocycles. The van der Waals surface area contributed by atoms with E-state index in [9.17, 15) is 0 Å². The number of nitrogens with zero attached hydrogens (tertiary/aromatic N) is 1. The molecule has 0 saturated heterocycles. The third kappa shape index (κ3) is 3.13. The number of hydrogen-bond donors (Lipinski definition) is 1. The second-order valence-corrected chi connectivity index (χ2v) is 6.27. The van der Waals surface area contributed by atoms with Crippen LogP contribution >= 0.6 is 38.6 Å². The quantitative estimate of drug-likeness (QED) is 0.906. The Hall–Kier alpha value is -0.230. The van der Waals surface area contributed by atoms with Crippen molar-refractivity contribution in [2.45, 2.75) is 19.4 Å². The highest BCUT2D eigenvalue weighted by atomic mass is 79.9. The number of nitrogens with one attached hydrogen (secondary N) is 1. The second kappa shape index (κ2) is 5.91. The summed E-state index contributed by atoms with van der Waals surface area (Å²) in [5.41, 5.74) is 0. The summed E-state index contributed by atoms with van der Waals surface area (Å²) in [6.07, 6.45) is 2.87. The van der Waals surface area contributed by atoms with E-state index in [1.54, 1.807) is 22.7 Å². The zero-order valence-corrected chi connectivity index (χ0v) is 12.2. The van der Waals surface area contributed by atoms with Gasteiger partial charge in [0.2, 0.25) is 0 Å². The fourth-order valence-corrected chi connectivity index (χ4v) is 3.85. The average molecular weight is 317 g/mol. The van der Waals surface area contributed by atoms with Crippen molar-refractivity contribution in [3.63, 3.8) is 0 Å². The summed E-state index contributed by atoms with van der Waals surface area (Å²) in [4.78, 5) is 5.63. The lowest BCUT2D eigenvalue weighted by atomic mass is 10.2. The predicted molar refractivity (Wildman–Crippen MR) is 74.3 cm³/mol. The smallest absolute Gasteiger partial charge is 0.0937 e. The van der Waals surface area contributed by atoms with E-state index < -0.39 is 0 Å². The van der Waals surface area contributed by atoms with E-state index in [0.717, 1.165) is 13.0 Å². The molecule has 0 aliphatic carbocycles. The third-order valence-electron chi connectivity index (χ3n) is 2.31. The molecule has 1 atom stereocenters. The van der Waals surface area contributed by atoms with E-state index in [4.69, 9.17) is 0 Å². The van der Waals surface area contributed by atoms with E-state index >= 15 is 0 Å². The number of thiophene rings is 1. The average Bonchev–Trinajstić information content (AvgIpc) is 2.88. The van der Waals surface area contributed by atoms with Gasteiger partial charge in [0.05, 0.1) is 5.01 Å². The van der Waals surface area contributed by atoms with Gasteiger partial charge in [-0.2, -0.15) is 0 Å². The van der Waals surface area contributed by atoms with Gasteiger partial charge in [-0.25, -0.2) is 4.98 Å². The normalized spacial score (nSPS) is 12.9. The summed E-state index contributed by atoms with van der Waals surface area (Å²) in [5, 5.41) is 8.84. The molecule has 1 N–H and O–H groups in total. The molecule has 0 fully saturated rings. The van der Waals surface area contributed by atoms with Gasteiger partial charge in [-0.3, -0.25) is 0 Å². The van der Waals surface area contributed by atoms with Crippen LogP contribution in [0, 0.1) is 0 Å². The van der Waals surface area contributed by atoms with Crippen molar-refractivity contribution in [3.05, 3.63) is 37.4 Å². The van der Waals surface area contributed by atoms with Crippen LogP contribution in [0.2, 0.25) is 0 Å². The predicted octanol–water partition coefficient (Wildman–Crippen LogP) is 3.86. The lowest BCUT2D eigenvalue weighted by Crippen LogP contribution is -2.20. The first-order valence-corrected chi connectivity index (χ1v) is 7.67. The third-order valence-corrected chi connectivity index (χ3v) is 5.20. The van der Waals surface area contributed by atoms with Crippen LogP contribution in [0.3, 0.4) is 0 Å². The van der Waals surface area contributed by atoms with Crippen LogP contribution in [0.15, 0.2) is 27.5 Å². The van der Waals surface area contributed by atoms with E-state index in [1.807, 2.05) is 11.6 Å². The van der Waals surface area contributed by atoms with Gasteiger partial charge < -0.3 is 5.32 Å². The Kier molecular flexibility index (Phi) is 4.52. The van der Waals surface area contributed by atoms with Crippen LogP contribution in [0.25, 0.3) is 0 Å². The number of thiazole rings is 1. The van der Waals surface area contributed by atoms with Crippen LogP contribution in [0.5, 0.6) is 0 Å². The lowest BCUT2D eigenvalue weighted by Gasteiger charge is -2.12. The molecule has 0 spiro atoms. The van der Waals surface area contributed by atoms with Crippen LogP contribution in [-0.2, 0) is 6.42 Å². The molecule has 86 valence electrons. The van der Waals surface area contributed by atoms with Crippen molar-refractivity contribution < 1.29 is 0 Å². The van der Waals surface area contributed by atoms with Crippen LogP contribution in [-0.4, -0.2) is 11.5 Å². The molecule has 0 aliphatic rings. The molecule has 1 unspecified atom stereocenters. The summed E-state index contributed by atoms with van der Waals surface area (Å²) in [6.45, 7) is 3.16. The van der Waals surface area contributed by atoms with Gasteiger partial charge in [0.25, 0.3) is 0 Å². The molecule has 0 aliphatic heterocycles. The summed E-state index contributed by atoms with van der Waals surface area (Å²) in [6, 6.07) is 2.49. The van der Waals surface area contributed by atoms with Gasteiger partial charge in [0, 0.05) is 39.9 Å². The van der Waals surface area contributed by atoms with Crippen molar-refractivity contribution >= 4 is 38.6 Å². The largest absolute Gasteiger partial charge is 0.309 e. The van der Waals surface area contributed by atoms with Crippen molar-refractivity contribution in [1.29, 1.82) is 0 Å². The van der Waals surface area contributed by atoms with Crippen molar-refractivity contribution in [3.8, 4) is 0 Å². The fraction of sp³-hybridized carbons (Fsp3) is 0.364. The molecule has 2 rings (SSSR count). The highest BCUT2D eigenvalue weighted by Gasteiger charge is 2.09. The highest BCUT2D eigenvalue weighted by Crippen LogP contribution is 2.28. The molecular formula is C11H13BrN2S2. The Labute approximate surface area is 112 Å². The number of rotatable bonds is 5.